The summed E-state index contributed by atoms with van der Waals surface area (Å²) in [4.78, 5) is 23.8. The molecule has 3 aromatic carbocycles. The van der Waals surface area contributed by atoms with Crippen LogP contribution in [0, 0.1) is 17.0 Å². The van der Waals surface area contributed by atoms with Crippen LogP contribution in [-0.4, -0.2) is 25.6 Å². The van der Waals surface area contributed by atoms with E-state index in [2.05, 4.69) is 52.0 Å². The minimum Gasteiger partial charge on any atom is -0.324 e. The predicted octanol–water partition coefficient (Wildman–Crippen LogP) is 6.17. The summed E-state index contributed by atoms with van der Waals surface area (Å²) in [6, 6.07) is 21.5. The average Bonchev–Trinajstić information content (AvgIpc) is 2.85. The van der Waals surface area contributed by atoms with Gasteiger partial charge in [0.25, 0.3) is 5.69 Å². The number of nitrogens with zero attached hydrogens (tertiary/aromatic N) is 5. The van der Waals surface area contributed by atoms with Crippen molar-refractivity contribution in [3.05, 3.63) is 98.5 Å². The zero-order chi connectivity index (χ0) is 24.8. The minimum absolute atomic E-state index is 0.00628. The van der Waals surface area contributed by atoms with Crippen molar-refractivity contribution in [1.29, 1.82) is 0 Å². The summed E-state index contributed by atoms with van der Waals surface area (Å²) in [6.45, 7) is 3.85. The Hall–Kier alpha value is -4.38. The molecule has 0 saturated carbocycles. The second-order valence-electron chi connectivity index (χ2n) is 7.49. The van der Waals surface area contributed by atoms with Crippen LogP contribution in [0.3, 0.4) is 0 Å². The van der Waals surface area contributed by atoms with E-state index in [0.717, 1.165) is 27.0 Å². The molecule has 0 radical (unpaired) electrons. The van der Waals surface area contributed by atoms with Gasteiger partial charge >= 0.3 is 0 Å². The number of rotatable bonds is 8. The second kappa shape index (κ2) is 10.7. The van der Waals surface area contributed by atoms with Gasteiger partial charge in [-0.05, 0) is 55.3 Å². The fraction of sp³-hybridized carbons (Fsp3) is 0.0833. The molecule has 35 heavy (non-hydrogen) atoms. The van der Waals surface area contributed by atoms with Crippen molar-refractivity contribution in [1.82, 2.24) is 15.0 Å². The summed E-state index contributed by atoms with van der Waals surface area (Å²) in [6.07, 6.45) is 0. The highest BCUT2D eigenvalue weighted by Crippen LogP contribution is 2.22. The summed E-state index contributed by atoms with van der Waals surface area (Å²) in [5.41, 5.74) is 7.03. The van der Waals surface area contributed by atoms with E-state index in [1.54, 1.807) is 12.1 Å². The summed E-state index contributed by atoms with van der Waals surface area (Å²) < 4.78 is 0.980. The van der Waals surface area contributed by atoms with Crippen LogP contribution in [-0.2, 0) is 0 Å². The molecule has 0 aliphatic carbocycles. The van der Waals surface area contributed by atoms with E-state index < -0.39 is 4.92 Å². The lowest BCUT2D eigenvalue weighted by molar-refractivity contribution is -0.384. The molecule has 4 aromatic rings. The lowest BCUT2D eigenvalue weighted by Crippen LogP contribution is -2.08. The van der Waals surface area contributed by atoms with Gasteiger partial charge in [0, 0.05) is 28.0 Å². The zero-order valence-electron chi connectivity index (χ0n) is 18.9. The Morgan fingerprint density at radius 1 is 0.886 bits per heavy atom. The number of hydrogen-bond acceptors (Lipinski definition) is 9. The Kier molecular flexibility index (Phi) is 7.27. The first-order chi connectivity index (χ1) is 16.9. The van der Waals surface area contributed by atoms with E-state index in [4.69, 9.17) is 0 Å². The number of aromatic nitrogens is 3. The molecule has 0 fully saturated rings. The summed E-state index contributed by atoms with van der Waals surface area (Å²) in [7, 11) is 0. The van der Waals surface area contributed by atoms with Crippen molar-refractivity contribution in [2.75, 3.05) is 16.1 Å². The number of anilines is 5. The number of halogens is 1. The molecular weight excluding hydrogens is 512 g/mol. The van der Waals surface area contributed by atoms with Gasteiger partial charge in [-0.25, -0.2) is 5.43 Å². The van der Waals surface area contributed by atoms with Crippen molar-refractivity contribution in [2.45, 2.75) is 13.8 Å². The van der Waals surface area contributed by atoms with E-state index in [9.17, 15) is 10.1 Å². The second-order valence-corrected chi connectivity index (χ2v) is 8.41. The Morgan fingerprint density at radius 3 is 2.17 bits per heavy atom. The van der Waals surface area contributed by atoms with Crippen LogP contribution in [0.25, 0.3) is 0 Å². The molecule has 1 heterocycles. The fourth-order valence-electron chi connectivity index (χ4n) is 3.06. The third-order valence-corrected chi connectivity index (χ3v) is 5.48. The maximum absolute atomic E-state index is 10.9. The topological polar surface area (TPSA) is 130 Å². The highest BCUT2D eigenvalue weighted by Gasteiger charge is 2.10. The zero-order valence-corrected chi connectivity index (χ0v) is 20.4. The molecule has 3 N–H and O–H groups in total. The molecule has 1 aromatic heterocycles. The highest BCUT2D eigenvalue weighted by molar-refractivity contribution is 9.10. The number of nitro groups is 1. The molecule has 0 aliphatic heterocycles. The predicted molar refractivity (Wildman–Crippen MR) is 141 cm³/mol. The molecule has 176 valence electrons. The number of aryl methyl sites for hydroxylation is 1. The molecule has 0 spiro atoms. The van der Waals surface area contributed by atoms with Crippen LogP contribution in [0.1, 0.15) is 18.1 Å². The molecule has 4 rings (SSSR count). The van der Waals surface area contributed by atoms with Crippen LogP contribution in [0.4, 0.5) is 34.9 Å². The summed E-state index contributed by atoms with van der Waals surface area (Å²) in [5, 5.41) is 21.6. The maximum Gasteiger partial charge on any atom is 0.269 e. The van der Waals surface area contributed by atoms with E-state index in [1.165, 1.54) is 12.1 Å². The number of hydrogen-bond donors (Lipinski definition) is 3. The van der Waals surface area contributed by atoms with Crippen LogP contribution in [0.15, 0.2) is 82.4 Å². The van der Waals surface area contributed by atoms with Gasteiger partial charge in [0.2, 0.25) is 17.8 Å². The van der Waals surface area contributed by atoms with Gasteiger partial charge in [0.15, 0.2) is 0 Å². The minimum atomic E-state index is -0.454. The number of nitro benzene ring substituents is 1. The SMILES string of the molecule is C/C(=N/Nc1nc(Nc2ccc([N+](=O)[O-])cc2)nc(Nc2ccccc2C)n1)c1ccc(Br)cc1. The van der Waals surface area contributed by atoms with E-state index in [0.29, 0.717) is 11.6 Å². The summed E-state index contributed by atoms with van der Waals surface area (Å²) >= 11 is 3.43. The monoisotopic (exact) mass is 532 g/mol. The number of non-ortho nitro benzene ring substituents is 1. The van der Waals surface area contributed by atoms with E-state index >= 15 is 0 Å². The number of hydrazone groups is 1. The first-order valence-corrected chi connectivity index (χ1v) is 11.3. The van der Waals surface area contributed by atoms with Gasteiger partial charge in [-0.3, -0.25) is 10.1 Å². The maximum atomic E-state index is 10.9. The number of nitrogens with one attached hydrogen (secondary N) is 3. The van der Waals surface area contributed by atoms with Crippen LogP contribution in [0.5, 0.6) is 0 Å². The van der Waals surface area contributed by atoms with Crippen molar-refractivity contribution < 1.29 is 4.92 Å². The molecule has 11 heteroatoms. The quantitative estimate of drug-likeness (QED) is 0.139. The molecule has 0 amide bonds. The smallest absolute Gasteiger partial charge is 0.269 e. The van der Waals surface area contributed by atoms with Crippen LogP contribution < -0.4 is 16.1 Å². The Bertz CT molecular complexity index is 1380. The molecule has 0 saturated heterocycles. The first kappa shape index (κ1) is 23.8. The molecule has 0 aliphatic rings. The lowest BCUT2D eigenvalue weighted by atomic mass is 10.1. The van der Waals surface area contributed by atoms with Gasteiger partial charge in [0.1, 0.15) is 0 Å². The largest absolute Gasteiger partial charge is 0.324 e. The van der Waals surface area contributed by atoms with Crippen molar-refractivity contribution in [3.8, 4) is 0 Å². The molecule has 0 bridgehead atoms. The number of benzene rings is 3. The van der Waals surface area contributed by atoms with Crippen LogP contribution in [0.2, 0.25) is 0 Å². The van der Waals surface area contributed by atoms with Crippen molar-refractivity contribution in [3.63, 3.8) is 0 Å². The van der Waals surface area contributed by atoms with E-state index in [-0.39, 0.29) is 17.6 Å². The average molecular weight is 533 g/mol. The fourth-order valence-corrected chi connectivity index (χ4v) is 3.32. The number of para-hydroxylation sites is 1. The van der Waals surface area contributed by atoms with Gasteiger partial charge in [-0.15, -0.1) is 0 Å². The summed E-state index contributed by atoms with van der Waals surface area (Å²) in [5.74, 6) is 0.763. The lowest BCUT2D eigenvalue weighted by Gasteiger charge is -2.11. The molecule has 10 nitrogen and oxygen atoms in total. The standard InChI is InChI=1S/C24H21BrN8O2/c1-15-5-3-4-6-21(15)27-23-28-22(26-19-11-13-20(14-12-19)33(34)35)29-24(30-23)32-31-16(2)17-7-9-18(25)10-8-17/h3-14H,1-2H3,(H3,26,27,28,29,30,32)/b31-16-. The third-order valence-electron chi connectivity index (χ3n) is 4.95. The third kappa shape index (κ3) is 6.36. The van der Waals surface area contributed by atoms with Gasteiger partial charge < -0.3 is 10.6 Å². The molecular formula is C24H21BrN8O2. The van der Waals surface area contributed by atoms with Crippen molar-refractivity contribution >= 4 is 56.5 Å². The van der Waals surface area contributed by atoms with Crippen molar-refractivity contribution in [2.24, 2.45) is 5.10 Å². The molecule has 0 unspecified atom stereocenters. The van der Waals surface area contributed by atoms with Gasteiger partial charge in [0.05, 0.1) is 10.6 Å². The Balaban J connectivity index is 1.62. The normalized spacial score (nSPS) is 11.1. The van der Waals surface area contributed by atoms with Crippen LogP contribution >= 0.6 is 15.9 Å². The highest BCUT2D eigenvalue weighted by atomic mass is 79.9. The Morgan fingerprint density at radius 2 is 1.51 bits per heavy atom. The first-order valence-electron chi connectivity index (χ1n) is 10.5. The van der Waals surface area contributed by atoms with E-state index in [1.807, 2.05) is 62.4 Å². The van der Waals surface area contributed by atoms with Gasteiger partial charge in [-0.1, -0.05) is 46.3 Å². The van der Waals surface area contributed by atoms with Gasteiger partial charge in [-0.2, -0.15) is 20.1 Å². The Labute approximate surface area is 209 Å². The molecule has 0 atom stereocenters.